The van der Waals surface area contributed by atoms with Gasteiger partial charge in [0.25, 0.3) is 10.0 Å². The zero-order chi connectivity index (χ0) is 22.9. The number of nitrogens with zero attached hydrogens (tertiary/aromatic N) is 2. The van der Waals surface area contributed by atoms with Crippen molar-refractivity contribution in [3.8, 4) is 5.75 Å². The summed E-state index contributed by atoms with van der Waals surface area (Å²) in [5, 5.41) is 2.65. The molecule has 0 aromatic heterocycles. The predicted octanol–water partition coefficient (Wildman–Crippen LogP) is 3.43. The number of fused-ring (bicyclic) bond motifs is 1. The second-order valence-electron chi connectivity index (χ2n) is 7.56. The summed E-state index contributed by atoms with van der Waals surface area (Å²) in [7, 11) is -3.78. The van der Waals surface area contributed by atoms with Crippen molar-refractivity contribution in [2.75, 3.05) is 25.0 Å². The maximum atomic E-state index is 12.9. The van der Waals surface area contributed by atoms with Gasteiger partial charge in [0.15, 0.2) is 12.4 Å². The van der Waals surface area contributed by atoms with Crippen molar-refractivity contribution in [2.45, 2.75) is 23.9 Å². The monoisotopic (exact) mass is 467 g/mol. The molecular formula is C21H20F3N3O4S. The molecule has 4 rings (SSSR count). The molecule has 32 heavy (non-hydrogen) atoms. The van der Waals surface area contributed by atoms with Crippen LogP contribution in [0.1, 0.15) is 18.4 Å². The van der Waals surface area contributed by atoms with Gasteiger partial charge in [0, 0.05) is 18.7 Å². The lowest BCUT2D eigenvalue weighted by molar-refractivity contribution is -0.153. The SMILES string of the molecule is O=C(Nc1ccccc1OCC(F)(F)F)C1CCCN(C2=NS(=O)(=O)c3ccccc32)C1. The van der Waals surface area contributed by atoms with E-state index >= 15 is 0 Å². The smallest absolute Gasteiger partial charge is 0.422 e. The Morgan fingerprint density at radius 3 is 2.66 bits per heavy atom. The van der Waals surface area contributed by atoms with Crippen molar-refractivity contribution in [1.82, 2.24) is 4.90 Å². The summed E-state index contributed by atoms with van der Waals surface area (Å²) in [6, 6.07) is 12.4. The number of piperidine rings is 1. The molecule has 1 amide bonds. The number of rotatable bonds is 4. The van der Waals surface area contributed by atoms with E-state index in [0.29, 0.717) is 30.8 Å². The summed E-state index contributed by atoms with van der Waals surface area (Å²) in [5.74, 6) is -0.650. The van der Waals surface area contributed by atoms with Gasteiger partial charge >= 0.3 is 6.18 Å². The Kier molecular flexibility index (Phi) is 5.85. The van der Waals surface area contributed by atoms with Crippen molar-refractivity contribution in [3.05, 3.63) is 54.1 Å². The molecule has 2 aromatic rings. The fourth-order valence-corrected chi connectivity index (χ4v) is 5.02. The Balaban J connectivity index is 1.48. The van der Waals surface area contributed by atoms with Gasteiger partial charge in [-0.25, -0.2) is 0 Å². The molecule has 0 saturated carbocycles. The highest BCUT2D eigenvalue weighted by Crippen LogP contribution is 2.31. The number of nitrogens with one attached hydrogen (secondary N) is 1. The van der Waals surface area contributed by atoms with Crippen LogP contribution in [-0.4, -0.2) is 50.9 Å². The Morgan fingerprint density at radius 1 is 1.16 bits per heavy atom. The quantitative estimate of drug-likeness (QED) is 0.745. The van der Waals surface area contributed by atoms with E-state index in [1.165, 1.54) is 24.3 Å². The number of amides is 1. The Labute approximate surface area is 182 Å². The molecule has 0 radical (unpaired) electrons. The number of hydrogen-bond donors (Lipinski definition) is 1. The summed E-state index contributed by atoms with van der Waals surface area (Å²) in [6.45, 7) is -0.692. The van der Waals surface area contributed by atoms with Crippen LogP contribution in [0.3, 0.4) is 0 Å². The van der Waals surface area contributed by atoms with Crippen LogP contribution < -0.4 is 10.1 Å². The van der Waals surface area contributed by atoms with Crippen molar-refractivity contribution in [1.29, 1.82) is 0 Å². The summed E-state index contributed by atoms with van der Waals surface area (Å²) in [6.07, 6.45) is -3.32. The van der Waals surface area contributed by atoms with Gasteiger partial charge in [-0.1, -0.05) is 24.3 Å². The molecule has 0 spiro atoms. The number of hydrogen-bond acceptors (Lipinski definition) is 5. The van der Waals surface area contributed by atoms with E-state index in [1.54, 1.807) is 29.2 Å². The number of para-hydroxylation sites is 2. The van der Waals surface area contributed by atoms with Crippen LogP contribution in [0.25, 0.3) is 0 Å². The average Bonchev–Trinajstić information content (AvgIpc) is 3.04. The minimum atomic E-state index is -4.50. The third kappa shape index (κ3) is 4.72. The maximum Gasteiger partial charge on any atom is 0.422 e. The molecule has 2 aromatic carbocycles. The first-order valence-electron chi connectivity index (χ1n) is 9.93. The first kappa shape index (κ1) is 22.1. The highest BCUT2D eigenvalue weighted by molar-refractivity contribution is 7.90. The number of halogens is 3. The minimum Gasteiger partial charge on any atom is -0.482 e. The number of carbonyl (C=O) groups is 1. The molecule has 1 atom stereocenters. The van der Waals surface area contributed by atoms with E-state index in [-0.39, 0.29) is 28.8 Å². The fraction of sp³-hybridized carbons (Fsp3) is 0.333. The van der Waals surface area contributed by atoms with Crippen LogP contribution >= 0.6 is 0 Å². The van der Waals surface area contributed by atoms with Crippen LogP contribution in [0.4, 0.5) is 18.9 Å². The molecule has 1 unspecified atom stereocenters. The number of anilines is 1. The van der Waals surface area contributed by atoms with Gasteiger partial charge in [-0.15, -0.1) is 4.40 Å². The molecule has 0 aliphatic carbocycles. The van der Waals surface area contributed by atoms with E-state index in [2.05, 4.69) is 9.71 Å². The Morgan fingerprint density at radius 2 is 1.88 bits per heavy atom. The average molecular weight is 467 g/mol. The number of alkyl halides is 3. The highest BCUT2D eigenvalue weighted by Gasteiger charge is 2.35. The number of sulfonamides is 1. The molecule has 170 valence electrons. The van der Waals surface area contributed by atoms with E-state index < -0.39 is 28.7 Å². The van der Waals surface area contributed by atoms with Gasteiger partial charge in [0.2, 0.25) is 5.91 Å². The maximum absolute atomic E-state index is 12.9. The molecular weight excluding hydrogens is 447 g/mol. The number of benzene rings is 2. The Hall–Kier alpha value is -3.08. The number of carbonyl (C=O) groups excluding carboxylic acids is 1. The van der Waals surface area contributed by atoms with Gasteiger partial charge in [-0.2, -0.15) is 21.6 Å². The molecule has 1 saturated heterocycles. The molecule has 2 aliphatic heterocycles. The standard InChI is InChI=1S/C21H20F3N3O4S/c22-21(23,24)13-31-17-9-3-2-8-16(17)25-20(28)14-6-5-11-27(12-14)19-15-7-1-4-10-18(15)32(29,30)26-19/h1-4,7-10,14H,5-6,11-13H2,(H,25,28). The van der Waals surface area contributed by atoms with Gasteiger partial charge in [0.1, 0.15) is 10.6 Å². The van der Waals surface area contributed by atoms with Crippen LogP contribution in [0, 0.1) is 5.92 Å². The lowest BCUT2D eigenvalue weighted by Gasteiger charge is -2.33. The van der Waals surface area contributed by atoms with Crippen LogP contribution in [-0.2, 0) is 14.8 Å². The van der Waals surface area contributed by atoms with Gasteiger partial charge in [-0.05, 0) is 37.1 Å². The van der Waals surface area contributed by atoms with Crippen LogP contribution in [0.2, 0.25) is 0 Å². The van der Waals surface area contributed by atoms with E-state index in [9.17, 15) is 26.4 Å². The van der Waals surface area contributed by atoms with E-state index in [0.717, 1.165) is 0 Å². The van der Waals surface area contributed by atoms with Gasteiger partial charge < -0.3 is 15.0 Å². The zero-order valence-electron chi connectivity index (χ0n) is 16.8. The first-order valence-corrected chi connectivity index (χ1v) is 11.4. The van der Waals surface area contributed by atoms with E-state index in [4.69, 9.17) is 4.74 Å². The topological polar surface area (TPSA) is 88.1 Å². The van der Waals surface area contributed by atoms with Crippen LogP contribution in [0.15, 0.2) is 57.8 Å². The van der Waals surface area contributed by atoms with Gasteiger partial charge in [-0.3, -0.25) is 4.79 Å². The highest BCUT2D eigenvalue weighted by atomic mass is 32.2. The summed E-state index contributed by atoms with van der Waals surface area (Å²) in [5.41, 5.74) is 0.643. The second kappa shape index (κ2) is 8.45. The molecule has 1 N–H and O–H groups in total. The molecule has 2 heterocycles. The van der Waals surface area contributed by atoms with E-state index in [1.807, 2.05) is 0 Å². The first-order chi connectivity index (χ1) is 15.1. The summed E-state index contributed by atoms with van der Waals surface area (Å²) >= 11 is 0. The number of amidine groups is 1. The molecule has 7 nitrogen and oxygen atoms in total. The van der Waals surface area contributed by atoms with Crippen molar-refractivity contribution >= 4 is 27.5 Å². The lowest BCUT2D eigenvalue weighted by atomic mass is 9.96. The second-order valence-corrected chi connectivity index (χ2v) is 9.13. The fourth-order valence-electron chi connectivity index (χ4n) is 3.79. The summed E-state index contributed by atoms with van der Waals surface area (Å²) in [4.78, 5) is 14.8. The largest absolute Gasteiger partial charge is 0.482 e. The molecule has 0 bridgehead atoms. The predicted molar refractivity (Wildman–Crippen MR) is 111 cm³/mol. The van der Waals surface area contributed by atoms with Gasteiger partial charge in [0.05, 0.1) is 11.6 Å². The normalized spacial score (nSPS) is 19.8. The minimum absolute atomic E-state index is 0.0778. The lowest BCUT2D eigenvalue weighted by Crippen LogP contribution is -2.43. The molecule has 2 aliphatic rings. The third-order valence-electron chi connectivity index (χ3n) is 5.24. The molecule has 11 heteroatoms. The summed E-state index contributed by atoms with van der Waals surface area (Å²) < 4.78 is 70.9. The third-order valence-corrected chi connectivity index (χ3v) is 6.57. The zero-order valence-corrected chi connectivity index (χ0v) is 17.6. The number of likely N-dealkylation sites (tertiary alicyclic amines) is 1. The van der Waals surface area contributed by atoms with Crippen molar-refractivity contribution in [2.24, 2.45) is 10.3 Å². The van der Waals surface area contributed by atoms with Crippen molar-refractivity contribution < 1.29 is 31.1 Å². The Bertz CT molecular complexity index is 1160. The number of ether oxygens (including phenoxy) is 1. The van der Waals surface area contributed by atoms with Crippen molar-refractivity contribution in [3.63, 3.8) is 0 Å². The molecule has 1 fully saturated rings. The van der Waals surface area contributed by atoms with Crippen LogP contribution in [0.5, 0.6) is 5.75 Å².